The highest BCUT2D eigenvalue weighted by molar-refractivity contribution is 5.95. The second-order valence-corrected chi connectivity index (χ2v) is 4.36. The molecule has 0 bridgehead atoms. The van der Waals surface area contributed by atoms with Crippen molar-refractivity contribution in [3.05, 3.63) is 23.8 Å². The summed E-state index contributed by atoms with van der Waals surface area (Å²) in [5.74, 6) is -1.09. The van der Waals surface area contributed by atoms with Crippen LogP contribution in [0.5, 0.6) is 11.5 Å². The fourth-order valence-electron chi connectivity index (χ4n) is 1.37. The van der Waals surface area contributed by atoms with Crippen molar-refractivity contribution in [1.82, 2.24) is 5.32 Å². The average Bonchev–Trinajstić information content (AvgIpc) is 2.43. The molecule has 0 saturated carbocycles. The van der Waals surface area contributed by atoms with E-state index in [0.717, 1.165) is 6.92 Å². The van der Waals surface area contributed by atoms with E-state index < -0.39 is 24.0 Å². The number of methoxy groups -OCH3 is 2. The molecule has 0 aliphatic heterocycles. The minimum absolute atomic E-state index is 0.238. The SMILES string of the molecule is COc1cc(OC)cc(C(=O)NCC(C)(O)C(=O)O)c1. The molecule has 110 valence electrons. The molecular weight excluding hydrogens is 266 g/mol. The number of nitrogens with one attached hydrogen (secondary N) is 1. The Hall–Kier alpha value is -2.28. The van der Waals surface area contributed by atoms with Gasteiger partial charge < -0.3 is 25.0 Å². The largest absolute Gasteiger partial charge is 0.497 e. The fourth-order valence-corrected chi connectivity index (χ4v) is 1.37. The number of rotatable bonds is 6. The van der Waals surface area contributed by atoms with Crippen molar-refractivity contribution in [3.8, 4) is 11.5 Å². The zero-order chi connectivity index (χ0) is 15.3. The molecule has 1 rings (SSSR count). The standard InChI is InChI=1S/C13H17NO6/c1-13(18,12(16)17)7-14-11(15)8-4-9(19-2)6-10(5-8)20-3/h4-6,18H,7H2,1-3H3,(H,14,15)(H,16,17). The van der Waals surface area contributed by atoms with Crippen LogP contribution in [0.15, 0.2) is 18.2 Å². The van der Waals surface area contributed by atoms with Crippen LogP contribution in [-0.4, -0.2) is 48.5 Å². The fraction of sp³-hybridized carbons (Fsp3) is 0.385. The van der Waals surface area contributed by atoms with Crippen LogP contribution in [0.25, 0.3) is 0 Å². The van der Waals surface area contributed by atoms with Crippen LogP contribution in [0, 0.1) is 0 Å². The van der Waals surface area contributed by atoms with Gasteiger partial charge in [0, 0.05) is 11.6 Å². The molecular formula is C13H17NO6. The highest BCUT2D eigenvalue weighted by Crippen LogP contribution is 2.22. The van der Waals surface area contributed by atoms with Gasteiger partial charge in [-0.15, -0.1) is 0 Å². The summed E-state index contributed by atoms with van der Waals surface area (Å²) in [5, 5.41) is 20.6. The third kappa shape index (κ3) is 3.86. The van der Waals surface area contributed by atoms with E-state index in [1.54, 1.807) is 6.07 Å². The lowest BCUT2D eigenvalue weighted by Crippen LogP contribution is -2.46. The van der Waals surface area contributed by atoms with Gasteiger partial charge in [-0.05, 0) is 19.1 Å². The van der Waals surface area contributed by atoms with E-state index in [9.17, 15) is 14.7 Å². The Morgan fingerprint density at radius 3 is 2.10 bits per heavy atom. The molecule has 0 saturated heterocycles. The Morgan fingerprint density at radius 1 is 1.20 bits per heavy atom. The molecule has 0 radical (unpaired) electrons. The molecule has 1 aromatic carbocycles. The number of carboxylic acid groups (broad SMARTS) is 1. The number of benzene rings is 1. The van der Waals surface area contributed by atoms with E-state index in [2.05, 4.69) is 5.32 Å². The van der Waals surface area contributed by atoms with Gasteiger partial charge >= 0.3 is 5.97 Å². The molecule has 7 heteroatoms. The van der Waals surface area contributed by atoms with Crippen LogP contribution >= 0.6 is 0 Å². The van der Waals surface area contributed by atoms with E-state index in [1.807, 2.05) is 0 Å². The molecule has 0 heterocycles. The number of aliphatic carboxylic acids is 1. The first-order valence-electron chi connectivity index (χ1n) is 5.77. The second kappa shape index (κ2) is 6.25. The number of hydrogen-bond acceptors (Lipinski definition) is 5. The lowest BCUT2D eigenvalue weighted by molar-refractivity contribution is -0.155. The molecule has 20 heavy (non-hydrogen) atoms. The van der Waals surface area contributed by atoms with E-state index in [4.69, 9.17) is 14.6 Å². The summed E-state index contributed by atoms with van der Waals surface area (Å²) in [4.78, 5) is 22.7. The maximum absolute atomic E-state index is 11.9. The zero-order valence-electron chi connectivity index (χ0n) is 11.5. The summed E-state index contributed by atoms with van der Waals surface area (Å²) in [5.41, 5.74) is -1.79. The van der Waals surface area contributed by atoms with Crippen molar-refractivity contribution in [2.24, 2.45) is 0 Å². The maximum Gasteiger partial charge on any atom is 0.337 e. The van der Waals surface area contributed by atoms with Crippen molar-refractivity contribution in [2.75, 3.05) is 20.8 Å². The first kappa shape index (κ1) is 15.8. The quantitative estimate of drug-likeness (QED) is 0.692. The van der Waals surface area contributed by atoms with Crippen LogP contribution < -0.4 is 14.8 Å². The Kier molecular flexibility index (Phi) is 4.93. The smallest absolute Gasteiger partial charge is 0.337 e. The summed E-state index contributed by atoms with van der Waals surface area (Å²) < 4.78 is 10.1. The number of carboxylic acids is 1. The average molecular weight is 283 g/mol. The van der Waals surface area contributed by atoms with Gasteiger partial charge in [-0.3, -0.25) is 4.79 Å². The van der Waals surface area contributed by atoms with Crippen LogP contribution in [0.2, 0.25) is 0 Å². The van der Waals surface area contributed by atoms with Crippen LogP contribution in [0.1, 0.15) is 17.3 Å². The van der Waals surface area contributed by atoms with Crippen LogP contribution in [-0.2, 0) is 4.79 Å². The van der Waals surface area contributed by atoms with Crippen LogP contribution in [0.3, 0.4) is 0 Å². The molecule has 0 fully saturated rings. The monoisotopic (exact) mass is 283 g/mol. The molecule has 0 aliphatic rings. The highest BCUT2D eigenvalue weighted by Gasteiger charge is 2.30. The van der Waals surface area contributed by atoms with Gasteiger partial charge in [0.1, 0.15) is 11.5 Å². The molecule has 1 aromatic rings. The number of carbonyl (C=O) groups is 2. The number of hydrogen-bond donors (Lipinski definition) is 3. The molecule has 1 atom stereocenters. The lowest BCUT2D eigenvalue weighted by Gasteiger charge is -2.18. The number of carbonyl (C=O) groups excluding carboxylic acids is 1. The molecule has 1 amide bonds. The van der Waals surface area contributed by atoms with Gasteiger partial charge in [-0.25, -0.2) is 4.79 Å². The highest BCUT2D eigenvalue weighted by atomic mass is 16.5. The Bertz CT molecular complexity index is 489. The molecule has 7 nitrogen and oxygen atoms in total. The van der Waals surface area contributed by atoms with Crippen molar-refractivity contribution < 1.29 is 29.3 Å². The third-order valence-electron chi connectivity index (χ3n) is 2.67. The summed E-state index contributed by atoms with van der Waals surface area (Å²) in [6, 6.07) is 4.56. The molecule has 0 aliphatic carbocycles. The van der Waals surface area contributed by atoms with Gasteiger partial charge in [0.25, 0.3) is 5.91 Å². The van der Waals surface area contributed by atoms with Gasteiger partial charge in [-0.2, -0.15) is 0 Å². The Labute approximate surface area is 116 Å². The number of aliphatic hydroxyl groups is 1. The first-order chi connectivity index (χ1) is 9.30. The van der Waals surface area contributed by atoms with Crippen molar-refractivity contribution in [2.45, 2.75) is 12.5 Å². The predicted molar refractivity (Wildman–Crippen MR) is 70.1 cm³/mol. The topological polar surface area (TPSA) is 105 Å². The van der Waals surface area contributed by atoms with E-state index in [-0.39, 0.29) is 5.56 Å². The van der Waals surface area contributed by atoms with Crippen LogP contribution in [0.4, 0.5) is 0 Å². The summed E-state index contributed by atoms with van der Waals surface area (Å²) in [6.07, 6.45) is 0. The normalized spacial score (nSPS) is 13.2. The Morgan fingerprint density at radius 2 is 1.70 bits per heavy atom. The second-order valence-electron chi connectivity index (χ2n) is 4.36. The summed E-state index contributed by atoms with van der Waals surface area (Å²) in [6.45, 7) is 0.683. The number of amides is 1. The number of ether oxygens (including phenoxy) is 2. The molecule has 0 aromatic heterocycles. The Balaban J connectivity index is 2.85. The van der Waals surface area contributed by atoms with E-state index in [1.165, 1.54) is 26.4 Å². The zero-order valence-corrected chi connectivity index (χ0v) is 11.5. The van der Waals surface area contributed by atoms with Crippen molar-refractivity contribution >= 4 is 11.9 Å². The minimum atomic E-state index is -2.03. The van der Waals surface area contributed by atoms with E-state index in [0.29, 0.717) is 11.5 Å². The summed E-state index contributed by atoms with van der Waals surface area (Å²) >= 11 is 0. The summed E-state index contributed by atoms with van der Waals surface area (Å²) in [7, 11) is 2.90. The first-order valence-corrected chi connectivity index (χ1v) is 5.77. The van der Waals surface area contributed by atoms with Gasteiger partial charge in [0.2, 0.25) is 0 Å². The lowest BCUT2D eigenvalue weighted by atomic mass is 10.1. The minimum Gasteiger partial charge on any atom is -0.497 e. The molecule has 3 N–H and O–H groups in total. The van der Waals surface area contributed by atoms with Gasteiger partial charge in [-0.1, -0.05) is 0 Å². The molecule has 1 unspecified atom stereocenters. The third-order valence-corrected chi connectivity index (χ3v) is 2.67. The van der Waals surface area contributed by atoms with Crippen molar-refractivity contribution in [3.63, 3.8) is 0 Å². The predicted octanol–water partition coefficient (Wildman–Crippen LogP) is 0.269. The van der Waals surface area contributed by atoms with Crippen molar-refractivity contribution in [1.29, 1.82) is 0 Å². The van der Waals surface area contributed by atoms with E-state index >= 15 is 0 Å². The van der Waals surface area contributed by atoms with Gasteiger partial charge in [0.05, 0.1) is 20.8 Å². The maximum atomic E-state index is 11.9. The molecule has 0 spiro atoms. The van der Waals surface area contributed by atoms with Gasteiger partial charge in [0.15, 0.2) is 5.60 Å².